The van der Waals surface area contributed by atoms with Crippen molar-refractivity contribution in [2.75, 3.05) is 27.7 Å². The average Bonchev–Trinajstić information content (AvgIpc) is 2.30. The molecule has 17 heavy (non-hydrogen) atoms. The molecule has 1 N–H and O–H groups in total. The van der Waals surface area contributed by atoms with Crippen LogP contribution < -0.4 is 10.1 Å². The maximum atomic E-state index is 13.6. The maximum Gasteiger partial charge on any atom is 0.131 e. The van der Waals surface area contributed by atoms with Gasteiger partial charge in [0.2, 0.25) is 0 Å². The molecule has 0 radical (unpaired) electrons. The molecule has 4 heteroatoms. The zero-order valence-corrected chi connectivity index (χ0v) is 11.0. The van der Waals surface area contributed by atoms with E-state index in [2.05, 4.69) is 17.1 Å². The summed E-state index contributed by atoms with van der Waals surface area (Å²) in [4.78, 5) is 2.12. The van der Waals surface area contributed by atoms with Crippen molar-refractivity contribution in [1.29, 1.82) is 0 Å². The fourth-order valence-corrected chi connectivity index (χ4v) is 1.40. The van der Waals surface area contributed by atoms with E-state index in [1.54, 1.807) is 12.1 Å². The average molecular weight is 240 g/mol. The second-order valence-electron chi connectivity index (χ2n) is 4.40. The molecule has 0 aliphatic heterocycles. The molecule has 1 aromatic carbocycles. The number of hydrogen-bond acceptors (Lipinski definition) is 3. The highest BCUT2D eigenvalue weighted by atomic mass is 19.1. The van der Waals surface area contributed by atoms with Gasteiger partial charge in [-0.05, 0) is 27.1 Å². The Balaban J connectivity index is 2.47. The van der Waals surface area contributed by atoms with E-state index in [0.717, 1.165) is 6.54 Å². The predicted octanol–water partition coefficient (Wildman–Crippen LogP) is 1.87. The summed E-state index contributed by atoms with van der Waals surface area (Å²) in [6.07, 6.45) is 0. The first-order valence-corrected chi connectivity index (χ1v) is 5.74. The summed E-state index contributed by atoms with van der Waals surface area (Å²) in [6, 6.07) is 5.36. The van der Waals surface area contributed by atoms with Crippen LogP contribution in [0.4, 0.5) is 4.39 Å². The molecule has 0 fully saturated rings. The lowest BCUT2D eigenvalue weighted by molar-refractivity contribution is 0.302. The molecule has 0 heterocycles. The van der Waals surface area contributed by atoms with Crippen LogP contribution in [-0.4, -0.2) is 38.7 Å². The van der Waals surface area contributed by atoms with Crippen LogP contribution in [0, 0.1) is 5.82 Å². The van der Waals surface area contributed by atoms with Gasteiger partial charge < -0.3 is 15.0 Å². The molecule has 1 atom stereocenters. The highest BCUT2D eigenvalue weighted by Crippen LogP contribution is 2.15. The van der Waals surface area contributed by atoms with Crippen LogP contribution in [-0.2, 0) is 6.54 Å². The Labute approximate surface area is 103 Å². The topological polar surface area (TPSA) is 24.5 Å². The third-order valence-electron chi connectivity index (χ3n) is 2.90. The molecular weight excluding hydrogens is 219 g/mol. The van der Waals surface area contributed by atoms with Crippen LogP contribution in [0.1, 0.15) is 12.5 Å². The van der Waals surface area contributed by atoms with E-state index >= 15 is 0 Å². The van der Waals surface area contributed by atoms with Gasteiger partial charge >= 0.3 is 0 Å². The van der Waals surface area contributed by atoms with Gasteiger partial charge in [0, 0.05) is 30.8 Å². The van der Waals surface area contributed by atoms with Gasteiger partial charge in [-0.15, -0.1) is 0 Å². The summed E-state index contributed by atoms with van der Waals surface area (Å²) in [5.41, 5.74) is 0.664. The smallest absolute Gasteiger partial charge is 0.131 e. The summed E-state index contributed by atoms with van der Waals surface area (Å²) in [6.45, 7) is 3.49. The molecule has 96 valence electrons. The summed E-state index contributed by atoms with van der Waals surface area (Å²) < 4.78 is 18.5. The van der Waals surface area contributed by atoms with Crippen molar-refractivity contribution in [3.05, 3.63) is 29.6 Å². The molecular formula is C13H21FN2O. The third-order valence-corrected chi connectivity index (χ3v) is 2.90. The summed E-state index contributed by atoms with van der Waals surface area (Å²) in [5.74, 6) is 0.322. The van der Waals surface area contributed by atoms with Gasteiger partial charge in [-0.1, -0.05) is 6.07 Å². The lowest BCUT2D eigenvalue weighted by atomic mass is 10.2. The zero-order chi connectivity index (χ0) is 12.8. The highest BCUT2D eigenvalue weighted by Gasteiger charge is 2.06. The second kappa shape index (κ2) is 6.57. The van der Waals surface area contributed by atoms with Gasteiger partial charge in [-0.2, -0.15) is 0 Å². The molecule has 1 unspecified atom stereocenters. The summed E-state index contributed by atoms with van der Waals surface area (Å²) in [5, 5.41) is 3.24. The molecule has 0 aliphatic rings. The quantitative estimate of drug-likeness (QED) is 0.821. The van der Waals surface area contributed by atoms with Crippen molar-refractivity contribution in [2.45, 2.75) is 19.5 Å². The Kier molecular flexibility index (Phi) is 5.38. The number of hydrogen-bond donors (Lipinski definition) is 1. The summed E-state index contributed by atoms with van der Waals surface area (Å²) in [7, 11) is 5.59. The molecule has 0 saturated heterocycles. The number of nitrogens with zero attached hydrogens (tertiary/aromatic N) is 1. The number of benzene rings is 1. The van der Waals surface area contributed by atoms with E-state index in [9.17, 15) is 4.39 Å². The van der Waals surface area contributed by atoms with Crippen LogP contribution in [0.25, 0.3) is 0 Å². The van der Waals surface area contributed by atoms with E-state index in [1.807, 2.05) is 14.1 Å². The minimum Gasteiger partial charge on any atom is -0.497 e. The Bertz CT molecular complexity index is 355. The Morgan fingerprint density at radius 3 is 2.65 bits per heavy atom. The summed E-state index contributed by atoms with van der Waals surface area (Å²) >= 11 is 0. The van der Waals surface area contributed by atoms with E-state index in [1.165, 1.54) is 13.2 Å². The van der Waals surface area contributed by atoms with Crippen LogP contribution in [0.3, 0.4) is 0 Å². The Morgan fingerprint density at radius 2 is 2.12 bits per heavy atom. The standard InChI is InChI=1S/C13H21FN2O/c1-10(16(2)3)8-15-9-11-5-6-12(17-4)7-13(11)14/h5-7,10,15H,8-9H2,1-4H3. The lowest BCUT2D eigenvalue weighted by Gasteiger charge is -2.20. The lowest BCUT2D eigenvalue weighted by Crippen LogP contribution is -2.35. The molecule has 1 rings (SSSR count). The van der Waals surface area contributed by atoms with Crippen molar-refractivity contribution >= 4 is 0 Å². The van der Waals surface area contributed by atoms with Gasteiger partial charge in [0.1, 0.15) is 11.6 Å². The predicted molar refractivity (Wildman–Crippen MR) is 67.8 cm³/mol. The largest absolute Gasteiger partial charge is 0.497 e. The van der Waals surface area contributed by atoms with Crippen LogP contribution in [0.2, 0.25) is 0 Å². The zero-order valence-electron chi connectivity index (χ0n) is 11.0. The highest BCUT2D eigenvalue weighted by molar-refractivity contribution is 5.28. The number of nitrogens with one attached hydrogen (secondary N) is 1. The number of methoxy groups -OCH3 is 1. The van der Waals surface area contributed by atoms with Gasteiger partial charge in [-0.25, -0.2) is 4.39 Å². The minimum absolute atomic E-state index is 0.227. The SMILES string of the molecule is COc1ccc(CNCC(C)N(C)C)c(F)c1. The van der Waals surface area contributed by atoms with Crippen molar-refractivity contribution < 1.29 is 9.13 Å². The fraction of sp³-hybridized carbons (Fsp3) is 0.538. The normalized spacial score (nSPS) is 12.8. The molecule has 0 amide bonds. The monoisotopic (exact) mass is 240 g/mol. The first-order chi connectivity index (χ1) is 8.04. The van der Waals surface area contributed by atoms with E-state index in [-0.39, 0.29) is 5.82 Å². The third kappa shape index (κ3) is 4.32. The Morgan fingerprint density at radius 1 is 1.41 bits per heavy atom. The molecule has 3 nitrogen and oxygen atoms in total. The molecule has 1 aromatic rings. The second-order valence-corrected chi connectivity index (χ2v) is 4.40. The van der Waals surface area contributed by atoms with Crippen molar-refractivity contribution in [1.82, 2.24) is 10.2 Å². The molecule has 0 spiro atoms. The van der Waals surface area contributed by atoms with Crippen LogP contribution in [0.15, 0.2) is 18.2 Å². The van der Waals surface area contributed by atoms with Crippen molar-refractivity contribution in [3.8, 4) is 5.75 Å². The number of rotatable bonds is 6. The molecule has 0 saturated carbocycles. The maximum absolute atomic E-state index is 13.6. The fourth-order valence-electron chi connectivity index (χ4n) is 1.40. The Hall–Kier alpha value is -1.13. The number of ether oxygens (including phenoxy) is 1. The van der Waals surface area contributed by atoms with Crippen LogP contribution >= 0.6 is 0 Å². The van der Waals surface area contributed by atoms with Crippen molar-refractivity contribution in [2.24, 2.45) is 0 Å². The van der Waals surface area contributed by atoms with E-state index in [4.69, 9.17) is 4.74 Å². The first-order valence-electron chi connectivity index (χ1n) is 5.74. The van der Waals surface area contributed by atoms with Crippen LogP contribution in [0.5, 0.6) is 5.75 Å². The van der Waals surface area contributed by atoms with E-state index in [0.29, 0.717) is 23.9 Å². The number of likely N-dealkylation sites (N-methyl/N-ethyl adjacent to an activating group) is 1. The molecule has 0 aromatic heterocycles. The number of halogens is 1. The van der Waals surface area contributed by atoms with Gasteiger partial charge in [0.15, 0.2) is 0 Å². The van der Waals surface area contributed by atoms with Gasteiger partial charge in [-0.3, -0.25) is 0 Å². The van der Waals surface area contributed by atoms with Gasteiger partial charge in [0.25, 0.3) is 0 Å². The molecule has 0 bridgehead atoms. The van der Waals surface area contributed by atoms with E-state index < -0.39 is 0 Å². The van der Waals surface area contributed by atoms with Gasteiger partial charge in [0.05, 0.1) is 7.11 Å². The molecule has 0 aliphatic carbocycles. The first kappa shape index (κ1) is 13.9. The van der Waals surface area contributed by atoms with Crippen molar-refractivity contribution in [3.63, 3.8) is 0 Å². The minimum atomic E-state index is -0.227.